The van der Waals surface area contributed by atoms with Crippen LogP contribution in [0.5, 0.6) is 0 Å². The number of hydrogen-bond donors (Lipinski definition) is 1. The van der Waals surface area contributed by atoms with Crippen LogP contribution in [0.3, 0.4) is 0 Å². The molecule has 2 heterocycles. The number of rotatable bonds is 4. The van der Waals surface area contributed by atoms with Crippen molar-refractivity contribution in [2.75, 3.05) is 18.5 Å². The molecular formula is C17H21N3O2. The van der Waals surface area contributed by atoms with Crippen molar-refractivity contribution >= 4 is 11.6 Å². The first-order valence-electron chi connectivity index (χ1n) is 7.68. The van der Waals surface area contributed by atoms with Crippen molar-refractivity contribution < 1.29 is 9.53 Å². The summed E-state index contributed by atoms with van der Waals surface area (Å²) in [5.74, 6) is -0.0165. The fourth-order valence-electron chi connectivity index (χ4n) is 2.76. The molecular weight excluding hydrogens is 278 g/mol. The van der Waals surface area contributed by atoms with Gasteiger partial charge in [-0.1, -0.05) is 29.8 Å². The first-order chi connectivity index (χ1) is 10.7. The van der Waals surface area contributed by atoms with Gasteiger partial charge >= 0.3 is 0 Å². The monoisotopic (exact) mass is 299 g/mol. The topological polar surface area (TPSA) is 56.2 Å². The zero-order valence-corrected chi connectivity index (χ0v) is 12.8. The van der Waals surface area contributed by atoms with Crippen LogP contribution in [0.4, 0.5) is 5.69 Å². The number of nitrogens with one attached hydrogen (secondary N) is 1. The number of nitrogens with zero attached hydrogens (tertiary/aromatic N) is 2. The Bertz CT molecular complexity index is 645. The highest BCUT2D eigenvalue weighted by atomic mass is 16.5. The molecule has 0 spiro atoms. The van der Waals surface area contributed by atoms with Crippen molar-refractivity contribution in [3.63, 3.8) is 0 Å². The van der Waals surface area contributed by atoms with Crippen LogP contribution < -0.4 is 5.32 Å². The highest BCUT2D eigenvalue weighted by molar-refractivity contribution is 5.92. The summed E-state index contributed by atoms with van der Waals surface area (Å²) in [6.45, 7) is 3.58. The molecule has 1 amide bonds. The molecule has 0 atom stereocenters. The van der Waals surface area contributed by atoms with E-state index >= 15 is 0 Å². The van der Waals surface area contributed by atoms with E-state index < -0.39 is 0 Å². The van der Waals surface area contributed by atoms with Gasteiger partial charge in [-0.05, 0) is 25.3 Å². The second-order valence-electron chi connectivity index (χ2n) is 5.77. The zero-order chi connectivity index (χ0) is 15.4. The average Bonchev–Trinajstić information content (AvgIpc) is 2.96. The molecule has 0 unspecified atom stereocenters. The second kappa shape index (κ2) is 6.75. The Hall–Kier alpha value is -2.14. The number of anilines is 1. The molecule has 116 valence electrons. The minimum Gasteiger partial charge on any atom is -0.381 e. The van der Waals surface area contributed by atoms with E-state index in [9.17, 15) is 4.79 Å². The highest BCUT2D eigenvalue weighted by Gasteiger charge is 2.16. The first kappa shape index (κ1) is 14.8. The SMILES string of the molecule is Cc1cccc(CC(=O)Nc2cnn(C3CCOCC3)c2)c1. The Kier molecular flexibility index (Phi) is 4.53. The van der Waals surface area contributed by atoms with Gasteiger partial charge in [0.15, 0.2) is 0 Å². The van der Waals surface area contributed by atoms with Crippen molar-refractivity contribution in [1.82, 2.24) is 9.78 Å². The Balaban J connectivity index is 1.58. The molecule has 5 nitrogen and oxygen atoms in total. The largest absolute Gasteiger partial charge is 0.381 e. The lowest BCUT2D eigenvalue weighted by Crippen LogP contribution is -2.20. The van der Waals surface area contributed by atoms with Gasteiger partial charge in [0, 0.05) is 19.4 Å². The zero-order valence-electron chi connectivity index (χ0n) is 12.8. The van der Waals surface area contributed by atoms with Gasteiger partial charge in [-0.25, -0.2) is 0 Å². The first-order valence-corrected chi connectivity index (χ1v) is 7.68. The molecule has 1 aromatic heterocycles. The summed E-state index contributed by atoms with van der Waals surface area (Å²) in [7, 11) is 0. The summed E-state index contributed by atoms with van der Waals surface area (Å²) in [5.41, 5.74) is 2.94. The highest BCUT2D eigenvalue weighted by Crippen LogP contribution is 2.21. The molecule has 22 heavy (non-hydrogen) atoms. The van der Waals surface area contributed by atoms with E-state index in [2.05, 4.69) is 10.4 Å². The molecule has 2 aromatic rings. The third-order valence-electron chi connectivity index (χ3n) is 3.90. The summed E-state index contributed by atoms with van der Waals surface area (Å²) in [5, 5.41) is 7.28. The third-order valence-corrected chi connectivity index (χ3v) is 3.90. The van der Waals surface area contributed by atoms with Gasteiger partial charge in [0.25, 0.3) is 0 Å². The maximum atomic E-state index is 12.1. The lowest BCUT2D eigenvalue weighted by Gasteiger charge is -2.22. The summed E-state index contributed by atoms with van der Waals surface area (Å²) in [6, 6.07) is 8.37. The summed E-state index contributed by atoms with van der Waals surface area (Å²) >= 11 is 0. The molecule has 0 bridgehead atoms. The molecule has 0 radical (unpaired) electrons. The third kappa shape index (κ3) is 3.74. The summed E-state index contributed by atoms with van der Waals surface area (Å²) in [6.07, 6.45) is 5.94. The van der Waals surface area contributed by atoms with Crippen molar-refractivity contribution in [3.8, 4) is 0 Å². The molecule has 1 aromatic carbocycles. The van der Waals surface area contributed by atoms with Crippen LogP contribution >= 0.6 is 0 Å². The van der Waals surface area contributed by atoms with Crippen molar-refractivity contribution in [1.29, 1.82) is 0 Å². The lowest BCUT2D eigenvalue weighted by atomic mass is 10.1. The molecule has 5 heteroatoms. The van der Waals surface area contributed by atoms with E-state index in [1.807, 2.05) is 42.1 Å². The number of ether oxygens (including phenoxy) is 1. The molecule has 1 aliphatic rings. The molecule has 1 saturated heterocycles. The number of carbonyl (C=O) groups is 1. The maximum absolute atomic E-state index is 12.1. The van der Waals surface area contributed by atoms with Crippen LogP contribution in [0.25, 0.3) is 0 Å². The van der Waals surface area contributed by atoms with E-state index in [4.69, 9.17) is 4.74 Å². The lowest BCUT2D eigenvalue weighted by molar-refractivity contribution is -0.115. The summed E-state index contributed by atoms with van der Waals surface area (Å²) < 4.78 is 7.29. The Morgan fingerprint density at radius 1 is 1.41 bits per heavy atom. The van der Waals surface area contributed by atoms with Crippen LogP contribution in [-0.4, -0.2) is 28.9 Å². The van der Waals surface area contributed by atoms with E-state index in [0.29, 0.717) is 12.5 Å². The van der Waals surface area contributed by atoms with Gasteiger partial charge in [-0.15, -0.1) is 0 Å². The number of aryl methyl sites for hydroxylation is 1. The number of carbonyl (C=O) groups excluding carboxylic acids is 1. The van der Waals surface area contributed by atoms with E-state index in [1.165, 1.54) is 0 Å². The van der Waals surface area contributed by atoms with Gasteiger partial charge in [0.1, 0.15) is 0 Å². The minimum atomic E-state index is -0.0165. The Morgan fingerprint density at radius 3 is 3.00 bits per heavy atom. The van der Waals surface area contributed by atoms with Crippen LogP contribution in [0.1, 0.15) is 30.0 Å². The van der Waals surface area contributed by atoms with Crippen molar-refractivity contribution in [2.24, 2.45) is 0 Å². The quantitative estimate of drug-likeness (QED) is 0.944. The van der Waals surface area contributed by atoms with Crippen LogP contribution in [0.15, 0.2) is 36.7 Å². The van der Waals surface area contributed by atoms with Gasteiger partial charge < -0.3 is 10.1 Å². The van der Waals surface area contributed by atoms with E-state index in [0.717, 1.165) is 42.9 Å². The fourth-order valence-corrected chi connectivity index (χ4v) is 2.76. The Morgan fingerprint density at radius 2 is 2.23 bits per heavy atom. The Labute approximate surface area is 130 Å². The molecule has 3 rings (SSSR count). The molecule has 1 N–H and O–H groups in total. The number of benzene rings is 1. The van der Waals surface area contributed by atoms with Crippen LogP contribution in [-0.2, 0) is 16.0 Å². The van der Waals surface area contributed by atoms with E-state index in [-0.39, 0.29) is 5.91 Å². The van der Waals surface area contributed by atoms with Gasteiger partial charge in [-0.3, -0.25) is 9.48 Å². The standard InChI is InChI=1S/C17H21N3O2/c1-13-3-2-4-14(9-13)10-17(21)19-15-11-18-20(12-15)16-5-7-22-8-6-16/h2-4,9,11-12,16H,5-8,10H2,1H3,(H,19,21). The predicted molar refractivity (Wildman–Crippen MR) is 84.8 cm³/mol. The minimum absolute atomic E-state index is 0.0165. The van der Waals surface area contributed by atoms with Crippen LogP contribution in [0, 0.1) is 6.92 Å². The molecule has 1 fully saturated rings. The molecule has 0 saturated carbocycles. The molecule has 0 aliphatic carbocycles. The van der Waals surface area contributed by atoms with Gasteiger partial charge in [0.05, 0.1) is 24.3 Å². The molecule has 1 aliphatic heterocycles. The number of amides is 1. The number of aromatic nitrogens is 2. The normalized spacial score (nSPS) is 15.7. The fraction of sp³-hybridized carbons (Fsp3) is 0.412. The van der Waals surface area contributed by atoms with Crippen molar-refractivity contribution in [2.45, 2.75) is 32.2 Å². The van der Waals surface area contributed by atoms with Gasteiger partial charge in [-0.2, -0.15) is 5.10 Å². The average molecular weight is 299 g/mol. The van der Waals surface area contributed by atoms with Gasteiger partial charge in [0.2, 0.25) is 5.91 Å². The van der Waals surface area contributed by atoms with Crippen molar-refractivity contribution in [3.05, 3.63) is 47.8 Å². The predicted octanol–water partition coefficient (Wildman–Crippen LogP) is 2.72. The number of hydrogen-bond acceptors (Lipinski definition) is 3. The van der Waals surface area contributed by atoms with E-state index in [1.54, 1.807) is 6.20 Å². The second-order valence-corrected chi connectivity index (χ2v) is 5.77. The summed E-state index contributed by atoms with van der Waals surface area (Å²) in [4.78, 5) is 12.1. The van der Waals surface area contributed by atoms with Crippen LogP contribution in [0.2, 0.25) is 0 Å². The smallest absolute Gasteiger partial charge is 0.228 e. The maximum Gasteiger partial charge on any atom is 0.228 e.